The Balaban J connectivity index is 1.55. The van der Waals surface area contributed by atoms with E-state index < -0.39 is 0 Å². The Hall–Kier alpha value is -2.21. The molecule has 1 N–H and O–H groups in total. The minimum Gasteiger partial charge on any atom is -0.396 e. The van der Waals surface area contributed by atoms with E-state index in [0.29, 0.717) is 24.5 Å². The van der Waals surface area contributed by atoms with Gasteiger partial charge in [0.25, 0.3) is 0 Å². The molecule has 3 aromatic heterocycles. The van der Waals surface area contributed by atoms with Crippen LogP contribution in [0, 0.1) is 5.92 Å². The minimum absolute atomic E-state index is 0.290. The predicted molar refractivity (Wildman–Crippen MR) is 90.6 cm³/mol. The number of hydrogen-bond acceptors (Lipinski definition) is 4. The summed E-state index contributed by atoms with van der Waals surface area (Å²) in [5, 5.41) is 19.5. The number of aliphatic hydroxyl groups excluding tert-OH is 1. The van der Waals surface area contributed by atoms with Crippen LogP contribution in [-0.4, -0.2) is 36.3 Å². The van der Waals surface area contributed by atoms with Crippen LogP contribution in [0.15, 0.2) is 24.7 Å². The molecule has 3 aromatic rings. The van der Waals surface area contributed by atoms with Crippen molar-refractivity contribution in [2.24, 2.45) is 13.0 Å². The van der Waals surface area contributed by atoms with Gasteiger partial charge < -0.3 is 5.11 Å². The van der Waals surface area contributed by atoms with Crippen molar-refractivity contribution in [2.75, 3.05) is 6.61 Å². The fourth-order valence-corrected chi connectivity index (χ4v) is 3.71. The maximum absolute atomic E-state index is 9.25. The summed E-state index contributed by atoms with van der Waals surface area (Å²) in [5.74, 6) is 1.02. The lowest BCUT2D eigenvalue weighted by Gasteiger charge is -2.34. The monoisotopic (exact) mass is 323 g/mol. The van der Waals surface area contributed by atoms with E-state index in [1.165, 1.54) is 18.5 Å². The standard InChI is InChI=1S/C18H21N5O/c1-22-17-6-16(19-7-13(17)8-20-22)15-9-23(14-4-11(5-14)10-24)21-18(15)12-2-3-12/h6-9,11-12,14,24H,2-5,10H2,1H3. The van der Waals surface area contributed by atoms with E-state index in [4.69, 9.17) is 5.10 Å². The average molecular weight is 323 g/mol. The Morgan fingerprint density at radius 2 is 2.08 bits per heavy atom. The average Bonchev–Trinajstić information content (AvgIpc) is 3.21. The van der Waals surface area contributed by atoms with E-state index >= 15 is 0 Å². The van der Waals surface area contributed by atoms with Gasteiger partial charge in [0, 0.05) is 42.9 Å². The highest BCUT2D eigenvalue weighted by atomic mass is 16.3. The first kappa shape index (κ1) is 14.2. The lowest BCUT2D eigenvalue weighted by molar-refractivity contribution is 0.105. The van der Waals surface area contributed by atoms with Gasteiger partial charge in [-0.25, -0.2) is 0 Å². The minimum atomic E-state index is 0.290. The number of fused-ring (bicyclic) bond motifs is 1. The molecular weight excluding hydrogens is 302 g/mol. The number of aromatic nitrogens is 5. The van der Waals surface area contributed by atoms with E-state index in [0.717, 1.165) is 35.0 Å². The Morgan fingerprint density at radius 1 is 1.25 bits per heavy atom. The lowest BCUT2D eigenvalue weighted by Crippen LogP contribution is -2.29. The summed E-state index contributed by atoms with van der Waals surface area (Å²) in [6, 6.07) is 2.54. The molecule has 6 heteroatoms. The van der Waals surface area contributed by atoms with Crippen molar-refractivity contribution >= 4 is 10.9 Å². The number of pyridine rings is 1. The van der Waals surface area contributed by atoms with Crippen molar-refractivity contribution in [3.05, 3.63) is 30.4 Å². The van der Waals surface area contributed by atoms with Crippen LogP contribution in [0.2, 0.25) is 0 Å². The molecule has 2 saturated carbocycles. The summed E-state index contributed by atoms with van der Waals surface area (Å²) in [5.41, 5.74) is 4.43. The van der Waals surface area contributed by atoms with E-state index in [9.17, 15) is 5.11 Å². The molecular formula is C18H21N5O. The third-order valence-electron chi connectivity index (χ3n) is 5.47. The van der Waals surface area contributed by atoms with Crippen LogP contribution >= 0.6 is 0 Å². The first-order valence-electron chi connectivity index (χ1n) is 8.71. The molecule has 2 aliphatic carbocycles. The summed E-state index contributed by atoms with van der Waals surface area (Å²) in [6.45, 7) is 0.290. The SMILES string of the molecule is Cn1ncc2cnc(-c3cn(C4CC(CO)C4)nc3C3CC3)cc21. The van der Waals surface area contributed by atoms with Crippen molar-refractivity contribution < 1.29 is 5.11 Å². The third kappa shape index (κ3) is 2.17. The number of rotatable bonds is 4. The summed E-state index contributed by atoms with van der Waals surface area (Å²) in [6.07, 6.45) is 10.4. The molecule has 3 heterocycles. The molecule has 0 aromatic carbocycles. The van der Waals surface area contributed by atoms with Gasteiger partial charge in [0.05, 0.1) is 29.1 Å². The first-order valence-corrected chi connectivity index (χ1v) is 8.71. The van der Waals surface area contributed by atoms with Crippen LogP contribution in [-0.2, 0) is 7.05 Å². The highest BCUT2D eigenvalue weighted by Gasteiger charge is 2.34. The maximum atomic E-state index is 9.25. The van der Waals surface area contributed by atoms with Gasteiger partial charge in [-0.3, -0.25) is 14.3 Å². The van der Waals surface area contributed by atoms with Crippen LogP contribution in [0.3, 0.4) is 0 Å². The normalized spacial score (nSPS) is 23.6. The molecule has 0 radical (unpaired) electrons. The molecule has 5 rings (SSSR count). The predicted octanol–water partition coefficient (Wildman–Crippen LogP) is 2.65. The van der Waals surface area contributed by atoms with Gasteiger partial charge in [-0.05, 0) is 37.7 Å². The first-order chi connectivity index (χ1) is 11.7. The van der Waals surface area contributed by atoms with Crippen LogP contribution in [0.1, 0.15) is 43.3 Å². The zero-order valence-electron chi connectivity index (χ0n) is 13.8. The number of nitrogens with zero attached hydrogens (tertiary/aromatic N) is 5. The van der Waals surface area contributed by atoms with Crippen LogP contribution in [0.4, 0.5) is 0 Å². The Morgan fingerprint density at radius 3 is 2.83 bits per heavy atom. The van der Waals surface area contributed by atoms with Gasteiger partial charge in [0.15, 0.2) is 0 Å². The van der Waals surface area contributed by atoms with Crippen molar-refractivity contribution in [2.45, 2.75) is 37.6 Å². The molecule has 0 saturated heterocycles. The highest BCUT2D eigenvalue weighted by Crippen LogP contribution is 2.45. The summed E-state index contributed by atoms with van der Waals surface area (Å²) in [4.78, 5) is 4.66. The second-order valence-corrected chi connectivity index (χ2v) is 7.25. The molecule has 124 valence electrons. The fraction of sp³-hybridized carbons (Fsp3) is 0.500. The van der Waals surface area contributed by atoms with Crippen molar-refractivity contribution in [3.8, 4) is 11.3 Å². The zero-order valence-corrected chi connectivity index (χ0v) is 13.8. The highest BCUT2D eigenvalue weighted by molar-refractivity contribution is 5.82. The largest absolute Gasteiger partial charge is 0.396 e. The maximum Gasteiger partial charge on any atom is 0.0758 e. The fourth-order valence-electron chi connectivity index (χ4n) is 3.71. The number of aliphatic hydroxyl groups is 1. The molecule has 6 nitrogen and oxygen atoms in total. The Labute approximate surface area is 140 Å². The second kappa shape index (κ2) is 5.14. The summed E-state index contributed by atoms with van der Waals surface area (Å²) >= 11 is 0. The molecule has 0 unspecified atom stereocenters. The molecule has 0 spiro atoms. The number of aryl methyl sites for hydroxylation is 1. The van der Waals surface area contributed by atoms with Gasteiger partial charge >= 0.3 is 0 Å². The zero-order chi connectivity index (χ0) is 16.3. The summed E-state index contributed by atoms with van der Waals surface area (Å²) < 4.78 is 4.00. The topological polar surface area (TPSA) is 68.8 Å². The quantitative estimate of drug-likeness (QED) is 0.801. The molecule has 2 aliphatic rings. The smallest absolute Gasteiger partial charge is 0.0758 e. The van der Waals surface area contributed by atoms with Gasteiger partial charge in [-0.15, -0.1) is 0 Å². The van der Waals surface area contributed by atoms with Crippen LogP contribution in [0.25, 0.3) is 22.2 Å². The van der Waals surface area contributed by atoms with E-state index in [1.54, 1.807) is 0 Å². The Kier molecular flexibility index (Phi) is 3.03. The molecule has 0 aliphatic heterocycles. The molecule has 2 fully saturated rings. The third-order valence-corrected chi connectivity index (χ3v) is 5.47. The molecule has 0 bridgehead atoms. The van der Waals surface area contributed by atoms with Gasteiger partial charge in [0.1, 0.15) is 0 Å². The van der Waals surface area contributed by atoms with E-state index in [2.05, 4.69) is 27.0 Å². The molecule has 0 amide bonds. The molecule has 24 heavy (non-hydrogen) atoms. The van der Waals surface area contributed by atoms with Crippen molar-refractivity contribution in [3.63, 3.8) is 0 Å². The van der Waals surface area contributed by atoms with Crippen molar-refractivity contribution in [1.82, 2.24) is 24.5 Å². The van der Waals surface area contributed by atoms with E-state index in [1.807, 2.05) is 24.1 Å². The van der Waals surface area contributed by atoms with Crippen molar-refractivity contribution in [1.29, 1.82) is 0 Å². The van der Waals surface area contributed by atoms with Crippen LogP contribution < -0.4 is 0 Å². The van der Waals surface area contributed by atoms with Gasteiger partial charge in [-0.1, -0.05) is 0 Å². The molecule has 0 atom stereocenters. The van der Waals surface area contributed by atoms with Crippen LogP contribution in [0.5, 0.6) is 0 Å². The van der Waals surface area contributed by atoms with Gasteiger partial charge in [0.2, 0.25) is 0 Å². The van der Waals surface area contributed by atoms with Gasteiger partial charge in [-0.2, -0.15) is 10.2 Å². The summed E-state index contributed by atoms with van der Waals surface area (Å²) in [7, 11) is 1.96. The second-order valence-electron chi connectivity index (χ2n) is 7.25. The van der Waals surface area contributed by atoms with E-state index in [-0.39, 0.29) is 0 Å². The lowest BCUT2D eigenvalue weighted by atomic mass is 9.81. The Bertz CT molecular complexity index is 901. The number of hydrogen-bond donors (Lipinski definition) is 1.